The van der Waals surface area contributed by atoms with E-state index in [9.17, 15) is 4.79 Å². The second-order valence-corrected chi connectivity index (χ2v) is 6.50. The van der Waals surface area contributed by atoms with Crippen LogP contribution in [0.25, 0.3) is 0 Å². The van der Waals surface area contributed by atoms with E-state index in [-0.39, 0.29) is 11.9 Å². The molecular formula is C22H29NO3. The van der Waals surface area contributed by atoms with Gasteiger partial charge in [0.2, 0.25) is 0 Å². The highest BCUT2D eigenvalue weighted by Gasteiger charge is 2.20. The van der Waals surface area contributed by atoms with Crippen LogP contribution in [0, 0.1) is 6.92 Å². The second-order valence-electron chi connectivity index (χ2n) is 6.50. The zero-order valence-electron chi connectivity index (χ0n) is 16.1. The van der Waals surface area contributed by atoms with E-state index in [0.29, 0.717) is 18.8 Å². The van der Waals surface area contributed by atoms with Crippen LogP contribution in [0.1, 0.15) is 38.3 Å². The zero-order chi connectivity index (χ0) is 18.9. The third kappa shape index (κ3) is 5.80. The Labute approximate surface area is 156 Å². The van der Waals surface area contributed by atoms with Gasteiger partial charge < -0.3 is 14.8 Å². The molecule has 0 bridgehead atoms. The van der Waals surface area contributed by atoms with E-state index in [4.69, 9.17) is 9.47 Å². The molecule has 0 heterocycles. The SMILES string of the molecule is CCc1ccc(O[C@@H](CC)C(=O)N[C@@H](C)COc2ccccc2C)cc1. The number of rotatable bonds is 9. The molecule has 0 spiro atoms. The number of nitrogens with one attached hydrogen (secondary N) is 1. The Balaban J connectivity index is 1.85. The fourth-order valence-corrected chi connectivity index (χ4v) is 2.60. The summed E-state index contributed by atoms with van der Waals surface area (Å²) in [6.07, 6.45) is 1.08. The van der Waals surface area contributed by atoms with Crippen molar-refractivity contribution in [1.82, 2.24) is 5.32 Å². The van der Waals surface area contributed by atoms with Crippen LogP contribution >= 0.6 is 0 Å². The van der Waals surface area contributed by atoms with E-state index < -0.39 is 6.10 Å². The van der Waals surface area contributed by atoms with Crippen molar-refractivity contribution >= 4 is 5.91 Å². The fourth-order valence-electron chi connectivity index (χ4n) is 2.60. The summed E-state index contributed by atoms with van der Waals surface area (Å²) in [5, 5.41) is 2.97. The van der Waals surface area contributed by atoms with Crippen LogP contribution in [-0.2, 0) is 11.2 Å². The van der Waals surface area contributed by atoms with Gasteiger partial charge >= 0.3 is 0 Å². The molecule has 2 atom stereocenters. The number of para-hydroxylation sites is 1. The smallest absolute Gasteiger partial charge is 0.261 e. The van der Waals surface area contributed by atoms with Crippen LogP contribution in [0.15, 0.2) is 48.5 Å². The minimum absolute atomic E-state index is 0.109. The van der Waals surface area contributed by atoms with E-state index in [1.54, 1.807) is 0 Å². The van der Waals surface area contributed by atoms with E-state index >= 15 is 0 Å². The first kappa shape index (κ1) is 19.8. The molecule has 2 aromatic carbocycles. The van der Waals surface area contributed by atoms with Crippen molar-refractivity contribution in [3.8, 4) is 11.5 Å². The maximum atomic E-state index is 12.5. The molecule has 2 rings (SSSR count). The van der Waals surface area contributed by atoms with Gasteiger partial charge in [0.05, 0.1) is 6.04 Å². The Bertz CT molecular complexity index is 697. The van der Waals surface area contributed by atoms with Gasteiger partial charge in [0.1, 0.15) is 18.1 Å². The fraction of sp³-hybridized carbons (Fsp3) is 0.409. The highest BCUT2D eigenvalue weighted by molar-refractivity contribution is 5.81. The van der Waals surface area contributed by atoms with Gasteiger partial charge in [0.25, 0.3) is 5.91 Å². The van der Waals surface area contributed by atoms with E-state index in [1.807, 2.05) is 69.3 Å². The number of ether oxygens (including phenoxy) is 2. The molecule has 0 saturated heterocycles. The van der Waals surface area contributed by atoms with Crippen molar-refractivity contribution in [2.45, 2.75) is 52.7 Å². The average molecular weight is 355 g/mol. The molecule has 0 saturated carbocycles. The Kier molecular flexibility index (Phi) is 7.52. The summed E-state index contributed by atoms with van der Waals surface area (Å²) >= 11 is 0. The molecule has 0 aliphatic carbocycles. The monoisotopic (exact) mass is 355 g/mol. The summed E-state index contributed by atoms with van der Waals surface area (Å²) in [5.41, 5.74) is 2.33. The standard InChI is InChI=1S/C22H29NO3/c1-5-18-11-13-19(14-12-18)26-20(6-2)22(24)23-17(4)15-25-21-10-8-7-9-16(21)3/h7-14,17,20H,5-6,15H2,1-4H3,(H,23,24)/t17-,20-/m0/s1. The first-order valence-electron chi connectivity index (χ1n) is 9.27. The van der Waals surface area contributed by atoms with Gasteiger partial charge in [0, 0.05) is 0 Å². The summed E-state index contributed by atoms with van der Waals surface area (Å²) < 4.78 is 11.7. The number of hydrogen-bond donors (Lipinski definition) is 1. The van der Waals surface area contributed by atoms with Crippen LogP contribution in [0.3, 0.4) is 0 Å². The van der Waals surface area contributed by atoms with Gasteiger partial charge in [-0.25, -0.2) is 0 Å². The highest BCUT2D eigenvalue weighted by atomic mass is 16.5. The van der Waals surface area contributed by atoms with Crippen LogP contribution in [0.4, 0.5) is 0 Å². The van der Waals surface area contributed by atoms with Gasteiger partial charge in [-0.15, -0.1) is 0 Å². The van der Waals surface area contributed by atoms with Crippen molar-refractivity contribution in [1.29, 1.82) is 0 Å². The summed E-state index contributed by atoms with van der Waals surface area (Å²) in [6.45, 7) is 8.40. The number of carbonyl (C=O) groups is 1. The van der Waals surface area contributed by atoms with E-state index in [1.165, 1.54) is 5.56 Å². The molecule has 2 aromatic rings. The molecule has 1 N–H and O–H groups in total. The number of carbonyl (C=O) groups excluding carboxylic acids is 1. The van der Waals surface area contributed by atoms with Gasteiger partial charge in [-0.3, -0.25) is 4.79 Å². The van der Waals surface area contributed by atoms with Crippen LogP contribution in [0.5, 0.6) is 11.5 Å². The lowest BCUT2D eigenvalue weighted by Crippen LogP contribution is -2.44. The maximum Gasteiger partial charge on any atom is 0.261 e. The molecule has 26 heavy (non-hydrogen) atoms. The molecule has 0 fully saturated rings. The number of amides is 1. The minimum Gasteiger partial charge on any atom is -0.491 e. The predicted molar refractivity (Wildman–Crippen MR) is 105 cm³/mol. The minimum atomic E-state index is -0.511. The molecule has 1 amide bonds. The van der Waals surface area contributed by atoms with Gasteiger partial charge in [-0.1, -0.05) is 44.2 Å². The molecule has 0 unspecified atom stereocenters. The largest absolute Gasteiger partial charge is 0.491 e. The van der Waals surface area contributed by atoms with Crippen molar-refractivity contribution in [3.05, 3.63) is 59.7 Å². The molecule has 0 aromatic heterocycles. The molecule has 0 aliphatic rings. The van der Waals surface area contributed by atoms with Crippen molar-refractivity contribution < 1.29 is 14.3 Å². The number of hydrogen-bond acceptors (Lipinski definition) is 3. The maximum absolute atomic E-state index is 12.5. The van der Waals surface area contributed by atoms with Crippen molar-refractivity contribution in [2.75, 3.05) is 6.61 Å². The lowest BCUT2D eigenvalue weighted by atomic mass is 10.1. The quantitative estimate of drug-likeness (QED) is 0.729. The highest BCUT2D eigenvalue weighted by Crippen LogP contribution is 2.17. The Morgan fingerprint density at radius 1 is 1.08 bits per heavy atom. The molecule has 4 heteroatoms. The van der Waals surface area contributed by atoms with E-state index in [2.05, 4.69) is 12.2 Å². The average Bonchev–Trinajstić information content (AvgIpc) is 2.65. The lowest BCUT2D eigenvalue weighted by molar-refractivity contribution is -0.128. The van der Waals surface area contributed by atoms with Crippen LogP contribution < -0.4 is 14.8 Å². The molecule has 140 valence electrons. The first-order chi connectivity index (χ1) is 12.5. The lowest BCUT2D eigenvalue weighted by Gasteiger charge is -2.21. The summed E-state index contributed by atoms with van der Waals surface area (Å²) in [5.74, 6) is 1.44. The van der Waals surface area contributed by atoms with Gasteiger partial charge in [-0.2, -0.15) is 0 Å². The predicted octanol–water partition coefficient (Wildman–Crippen LogP) is 4.30. The topological polar surface area (TPSA) is 47.6 Å². The third-order valence-corrected chi connectivity index (χ3v) is 4.24. The van der Waals surface area contributed by atoms with Gasteiger partial charge in [0.15, 0.2) is 6.10 Å². The number of aryl methyl sites for hydroxylation is 2. The summed E-state index contributed by atoms with van der Waals surface area (Å²) in [7, 11) is 0. The van der Waals surface area contributed by atoms with Crippen molar-refractivity contribution in [3.63, 3.8) is 0 Å². The van der Waals surface area contributed by atoms with Crippen molar-refractivity contribution in [2.24, 2.45) is 0 Å². The second kappa shape index (κ2) is 9.85. The Morgan fingerprint density at radius 2 is 1.77 bits per heavy atom. The molecule has 0 radical (unpaired) electrons. The van der Waals surface area contributed by atoms with Crippen LogP contribution in [0.2, 0.25) is 0 Å². The Hall–Kier alpha value is -2.49. The summed E-state index contributed by atoms with van der Waals surface area (Å²) in [4.78, 5) is 12.5. The normalized spacial score (nSPS) is 12.9. The molecule has 0 aliphatic heterocycles. The molecule has 4 nitrogen and oxygen atoms in total. The van der Waals surface area contributed by atoms with E-state index in [0.717, 1.165) is 17.7 Å². The Morgan fingerprint density at radius 3 is 2.38 bits per heavy atom. The summed E-state index contributed by atoms with van der Waals surface area (Å²) in [6, 6.07) is 15.6. The molecular weight excluding hydrogens is 326 g/mol. The zero-order valence-corrected chi connectivity index (χ0v) is 16.1. The number of benzene rings is 2. The van der Waals surface area contributed by atoms with Gasteiger partial charge in [-0.05, 0) is 56.0 Å². The van der Waals surface area contributed by atoms with Crippen LogP contribution in [-0.4, -0.2) is 24.7 Å². The third-order valence-electron chi connectivity index (χ3n) is 4.24. The first-order valence-corrected chi connectivity index (χ1v) is 9.27.